The predicted molar refractivity (Wildman–Crippen MR) is 112 cm³/mol. The molecular weight excluding hydrogens is 415 g/mol. The molecule has 29 heavy (non-hydrogen) atoms. The third kappa shape index (κ3) is 5.78. The van der Waals surface area contributed by atoms with Crippen molar-refractivity contribution in [2.75, 3.05) is 39.9 Å². The molecule has 154 valence electrons. The van der Waals surface area contributed by atoms with Gasteiger partial charge in [-0.1, -0.05) is 35.3 Å². The molecule has 1 aliphatic rings. The van der Waals surface area contributed by atoms with Crippen molar-refractivity contribution in [3.05, 3.63) is 58.1 Å². The third-order valence-corrected chi connectivity index (χ3v) is 5.28. The van der Waals surface area contributed by atoms with Crippen LogP contribution in [0.3, 0.4) is 0 Å². The summed E-state index contributed by atoms with van der Waals surface area (Å²) in [6.07, 6.45) is 0.329. The molecule has 1 heterocycles. The first-order valence-electron chi connectivity index (χ1n) is 9.22. The Morgan fingerprint density at radius 3 is 2.14 bits per heavy atom. The van der Waals surface area contributed by atoms with E-state index < -0.39 is 0 Å². The van der Waals surface area contributed by atoms with E-state index in [-0.39, 0.29) is 18.4 Å². The van der Waals surface area contributed by atoms with Crippen molar-refractivity contribution in [2.24, 2.45) is 0 Å². The van der Waals surface area contributed by atoms with E-state index in [4.69, 9.17) is 32.7 Å². The van der Waals surface area contributed by atoms with E-state index in [1.165, 1.54) is 0 Å². The maximum Gasteiger partial charge on any atom is 0.260 e. The van der Waals surface area contributed by atoms with Crippen LogP contribution < -0.4 is 9.47 Å². The van der Waals surface area contributed by atoms with Gasteiger partial charge >= 0.3 is 0 Å². The van der Waals surface area contributed by atoms with Gasteiger partial charge in [-0.2, -0.15) is 0 Å². The lowest BCUT2D eigenvalue weighted by atomic mass is 10.1. The zero-order chi connectivity index (χ0) is 20.8. The lowest BCUT2D eigenvalue weighted by molar-refractivity contribution is -0.140. The molecule has 0 radical (unpaired) electrons. The summed E-state index contributed by atoms with van der Waals surface area (Å²) in [4.78, 5) is 28.4. The number of carbonyl (C=O) groups is 2. The van der Waals surface area contributed by atoms with Crippen molar-refractivity contribution in [3.63, 3.8) is 0 Å². The molecule has 1 fully saturated rings. The number of hydrogen-bond donors (Lipinski definition) is 0. The molecule has 2 aromatic rings. The number of amides is 2. The summed E-state index contributed by atoms with van der Waals surface area (Å²) in [6.45, 7) is 1.85. The van der Waals surface area contributed by atoms with Crippen molar-refractivity contribution < 1.29 is 19.1 Å². The van der Waals surface area contributed by atoms with Gasteiger partial charge in [0.05, 0.1) is 18.6 Å². The fraction of sp³-hybridized carbons (Fsp3) is 0.333. The Balaban J connectivity index is 1.45. The molecule has 0 N–H and O–H groups in total. The Morgan fingerprint density at radius 2 is 1.55 bits per heavy atom. The van der Waals surface area contributed by atoms with E-state index in [9.17, 15) is 9.59 Å². The van der Waals surface area contributed by atoms with Crippen molar-refractivity contribution in [1.29, 1.82) is 0 Å². The number of ether oxygens (including phenoxy) is 2. The summed E-state index contributed by atoms with van der Waals surface area (Å²) < 4.78 is 10.6. The average Bonchev–Trinajstić information content (AvgIpc) is 2.73. The highest BCUT2D eigenvalue weighted by Crippen LogP contribution is 2.27. The molecule has 3 rings (SSSR count). The van der Waals surface area contributed by atoms with Gasteiger partial charge in [-0.25, -0.2) is 0 Å². The normalized spacial score (nSPS) is 13.9. The van der Waals surface area contributed by atoms with Crippen LogP contribution in [0.4, 0.5) is 0 Å². The van der Waals surface area contributed by atoms with Gasteiger partial charge in [0.1, 0.15) is 11.5 Å². The topological polar surface area (TPSA) is 59.1 Å². The van der Waals surface area contributed by atoms with E-state index in [1.807, 2.05) is 24.3 Å². The first-order chi connectivity index (χ1) is 14.0. The van der Waals surface area contributed by atoms with Crippen LogP contribution in [0, 0.1) is 0 Å². The minimum absolute atomic E-state index is 0.0476. The van der Waals surface area contributed by atoms with Gasteiger partial charge in [0.15, 0.2) is 6.61 Å². The van der Waals surface area contributed by atoms with Gasteiger partial charge in [0, 0.05) is 31.2 Å². The Morgan fingerprint density at radius 1 is 0.931 bits per heavy atom. The number of nitrogens with zero attached hydrogens (tertiary/aromatic N) is 2. The minimum Gasteiger partial charge on any atom is -0.497 e. The second-order valence-electron chi connectivity index (χ2n) is 6.65. The Kier molecular flexibility index (Phi) is 7.23. The zero-order valence-corrected chi connectivity index (χ0v) is 17.6. The molecule has 0 aromatic heterocycles. The molecule has 0 saturated carbocycles. The SMILES string of the molecule is COc1ccc(CC(=O)N2CCN(C(=O)COc3ccc(Cl)cc3Cl)CC2)cc1. The van der Waals surface area contributed by atoms with Crippen LogP contribution in [-0.4, -0.2) is 61.5 Å². The maximum absolute atomic E-state index is 12.5. The summed E-state index contributed by atoms with van der Waals surface area (Å²) in [5, 5.41) is 0.864. The largest absolute Gasteiger partial charge is 0.497 e. The van der Waals surface area contributed by atoms with E-state index in [2.05, 4.69) is 0 Å². The number of hydrogen-bond acceptors (Lipinski definition) is 4. The minimum atomic E-state index is -0.140. The fourth-order valence-electron chi connectivity index (χ4n) is 3.06. The van der Waals surface area contributed by atoms with E-state index in [1.54, 1.807) is 35.1 Å². The van der Waals surface area contributed by atoms with Gasteiger partial charge in [-0.3, -0.25) is 9.59 Å². The molecule has 2 aromatic carbocycles. The Bertz CT molecular complexity index is 865. The highest BCUT2D eigenvalue weighted by Gasteiger charge is 2.24. The van der Waals surface area contributed by atoms with Gasteiger partial charge < -0.3 is 19.3 Å². The molecule has 0 aliphatic carbocycles. The van der Waals surface area contributed by atoms with Crippen LogP contribution in [0.2, 0.25) is 10.0 Å². The molecule has 0 spiro atoms. The second-order valence-corrected chi connectivity index (χ2v) is 7.49. The van der Waals surface area contributed by atoms with Crippen LogP contribution in [0.5, 0.6) is 11.5 Å². The molecule has 6 nitrogen and oxygen atoms in total. The predicted octanol–water partition coefficient (Wildman–Crippen LogP) is 3.29. The molecule has 0 unspecified atom stereocenters. The number of methoxy groups -OCH3 is 1. The molecule has 1 aliphatic heterocycles. The molecule has 1 saturated heterocycles. The zero-order valence-electron chi connectivity index (χ0n) is 16.1. The van der Waals surface area contributed by atoms with Gasteiger partial charge in [-0.15, -0.1) is 0 Å². The van der Waals surface area contributed by atoms with Crippen molar-refractivity contribution in [3.8, 4) is 11.5 Å². The van der Waals surface area contributed by atoms with Crippen LogP contribution in [0.1, 0.15) is 5.56 Å². The van der Waals surface area contributed by atoms with Gasteiger partial charge in [0.25, 0.3) is 5.91 Å². The molecule has 0 atom stereocenters. The van der Waals surface area contributed by atoms with E-state index >= 15 is 0 Å². The van der Waals surface area contributed by atoms with Crippen LogP contribution >= 0.6 is 23.2 Å². The lowest BCUT2D eigenvalue weighted by Crippen LogP contribution is -2.52. The average molecular weight is 437 g/mol. The quantitative estimate of drug-likeness (QED) is 0.696. The number of rotatable bonds is 6. The van der Waals surface area contributed by atoms with Gasteiger partial charge in [0.2, 0.25) is 5.91 Å². The monoisotopic (exact) mass is 436 g/mol. The first kappa shape index (κ1) is 21.3. The fourth-order valence-corrected chi connectivity index (χ4v) is 3.52. The van der Waals surface area contributed by atoms with Crippen molar-refractivity contribution >= 4 is 35.0 Å². The second kappa shape index (κ2) is 9.85. The van der Waals surface area contributed by atoms with Crippen LogP contribution in [0.25, 0.3) is 0 Å². The summed E-state index contributed by atoms with van der Waals surface area (Å²) in [6, 6.07) is 12.3. The van der Waals surface area contributed by atoms with E-state index in [0.717, 1.165) is 11.3 Å². The Hall–Kier alpha value is -2.44. The van der Waals surface area contributed by atoms with Crippen LogP contribution in [0.15, 0.2) is 42.5 Å². The number of carbonyl (C=O) groups excluding carboxylic acids is 2. The summed E-state index contributed by atoms with van der Waals surface area (Å²) >= 11 is 11.9. The van der Waals surface area contributed by atoms with Crippen molar-refractivity contribution in [1.82, 2.24) is 9.80 Å². The molecule has 2 amide bonds. The summed E-state index contributed by atoms with van der Waals surface area (Å²) in [7, 11) is 1.61. The highest BCUT2D eigenvalue weighted by atomic mass is 35.5. The molecule has 0 bridgehead atoms. The smallest absolute Gasteiger partial charge is 0.260 e. The van der Waals surface area contributed by atoms with E-state index in [0.29, 0.717) is 48.4 Å². The number of halogens is 2. The summed E-state index contributed by atoms with van der Waals surface area (Å²) in [5.41, 5.74) is 0.933. The molecular formula is C21H22Cl2N2O4. The standard InChI is InChI=1S/C21H22Cl2N2O4/c1-28-17-5-2-15(3-6-17)12-20(26)24-8-10-25(11-9-24)21(27)14-29-19-7-4-16(22)13-18(19)23/h2-7,13H,8-12,14H2,1H3. The first-order valence-corrected chi connectivity index (χ1v) is 9.98. The van der Waals surface area contributed by atoms with Crippen molar-refractivity contribution in [2.45, 2.75) is 6.42 Å². The van der Waals surface area contributed by atoms with Crippen LogP contribution in [-0.2, 0) is 16.0 Å². The van der Waals surface area contributed by atoms with Gasteiger partial charge in [-0.05, 0) is 35.9 Å². The molecule has 8 heteroatoms. The number of piperazine rings is 1. The Labute approximate surface area is 179 Å². The highest BCUT2D eigenvalue weighted by molar-refractivity contribution is 6.35. The summed E-state index contributed by atoms with van der Waals surface area (Å²) in [5.74, 6) is 1.08. The lowest BCUT2D eigenvalue weighted by Gasteiger charge is -2.34. The third-order valence-electron chi connectivity index (χ3n) is 4.74. The number of benzene rings is 2. The maximum atomic E-state index is 12.5.